The average Bonchev–Trinajstić information content (AvgIpc) is 2.71. The number of aryl methyl sites for hydroxylation is 1. The molecule has 2 aromatic rings. The van der Waals surface area contributed by atoms with Crippen molar-refractivity contribution in [2.75, 3.05) is 18.6 Å². The van der Waals surface area contributed by atoms with Crippen LogP contribution in [0.25, 0.3) is 0 Å². The van der Waals surface area contributed by atoms with Crippen molar-refractivity contribution in [1.29, 1.82) is 0 Å². The number of ether oxygens (including phenoxy) is 1. The van der Waals surface area contributed by atoms with Gasteiger partial charge in [0, 0.05) is 25.1 Å². The largest absolute Gasteiger partial charge is 0.376 e. The van der Waals surface area contributed by atoms with Crippen LogP contribution in [-0.2, 0) is 11.2 Å². The quantitative estimate of drug-likeness (QED) is 0.449. The van der Waals surface area contributed by atoms with Gasteiger partial charge in [-0.15, -0.1) is 0 Å². The molecule has 0 radical (unpaired) electrons. The lowest BCUT2D eigenvalue weighted by atomic mass is 9.91. The molecular weight excluding hydrogens is 415 g/mol. The van der Waals surface area contributed by atoms with E-state index in [1.165, 1.54) is 16.7 Å². The molecule has 3 rings (SSSR count). The van der Waals surface area contributed by atoms with Gasteiger partial charge in [0.1, 0.15) is 5.84 Å². The predicted molar refractivity (Wildman–Crippen MR) is 130 cm³/mol. The molecule has 30 heavy (non-hydrogen) atoms. The van der Waals surface area contributed by atoms with Crippen LogP contribution in [0.3, 0.4) is 0 Å². The molecule has 1 fully saturated rings. The smallest absolute Gasteiger partial charge is 0.109 e. The summed E-state index contributed by atoms with van der Waals surface area (Å²) in [6.45, 7) is 9.65. The van der Waals surface area contributed by atoms with E-state index in [4.69, 9.17) is 32.9 Å². The van der Waals surface area contributed by atoms with Crippen molar-refractivity contribution >= 4 is 40.4 Å². The summed E-state index contributed by atoms with van der Waals surface area (Å²) in [5, 5.41) is 1.31. The molecule has 1 heterocycles. The number of benzene rings is 2. The summed E-state index contributed by atoms with van der Waals surface area (Å²) in [7, 11) is 1.79. The first kappa shape index (κ1) is 23.1. The van der Waals surface area contributed by atoms with Crippen LogP contribution in [0.5, 0.6) is 0 Å². The molecule has 162 valence electrons. The Balaban J connectivity index is 2.10. The highest BCUT2D eigenvalue weighted by atomic mass is 35.5. The van der Waals surface area contributed by atoms with Crippen LogP contribution in [0.4, 0.5) is 11.4 Å². The lowest BCUT2D eigenvalue weighted by molar-refractivity contribution is 0.0642. The van der Waals surface area contributed by atoms with Crippen LogP contribution < -0.4 is 4.90 Å². The highest BCUT2D eigenvalue weighted by Crippen LogP contribution is 2.37. The fourth-order valence-electron chi connectivity index (χ4n) is 4.30. The summed E-state index contributed by atoms with van der Waals surface area (Å²) >= 11 is 12.7. The van der Waals surface area contributed by atoms with Crippen molar-refractivity contribution in [2.24, 2.45) is 10.9 Å². The van der Waals surface area contributed by atoms with Crippen molar-refractivity contribution in [3.63, 3.8) is 0 Å². The normalized spacial score (nSPS) is 17.1. The Kier molecular flexibility index (Phi) is 7.84. The van der Waals surface area contributed by atoms with Crippen LogP contribution in [0.1, 0.15) is 62.8 Å². The first-order chi connectivity index (χ1) is 14.4. The summed E-state index contributed by atoms with van der Waals surface area (Å²) in [6.07, 6.45) is 4.19. The Hall–Kier alpha value is -1.55. The number of methoxy groups -OCH3 is 1. The maximum Gasteiger partial charge on any atom is 0.109 e. The number of rotatable bonds is 6. The third-order valence-corrected chi connectivity index (χ3v) is 6.43. The number of anilines is 1. The van der Waals surface area contributed by atoms with E-state index in [2.05, 4.69) is 44.7 Å². The fraction of sp³-hybridized carbons (Fsp3) is 0.480. The zero-order chi connectivity index (χ0) is 21.8. The van der Waals surface area contributed by atoms with Crippen molar-refractivity contribution in [1.82, 2.24) is 0 Å². The van der Waals surface area contributed by atoms with Crippen LogP contribution in [-0.4, -0.2) is 19.5 Å². The van der Waals surface area contributed by atoms with Crippen molar-refractivity contribution in [3.05, 3.63) is 57.1 Å². The average molecular weight is 447 g/mol. The van der Waals surface area contributed by atoms with Gasteiger partial charge in [-0.05, 0) is 67.0 Å². The zero-order valence-electron chi connectivity index (χ0n) is 18.6. The first-order valence-electron chi connectivity index (χ1n) is 10.8. The molecule has 0 saturated carbocycles. The lowest BCUT2D eigenvalue weighted by Gasteiger charge is -2.32. The molecule has 0 aromatic heterocycles. The van der Waals surface area contributed by atoms with Gasteiger partial charge in [-0.1, -0.05) is 56.1 Å². The number of aliphatic imine (C=N–C) groups is 1. The highest BCUT2D eigenvalue weighted by Gasteiger charge is 2.23. The van der Waals surface area contributed by atoms with Crippen LogP contribution in [0.15, 0.2) is 35.3 Å². The summed E-state index contributed by atoms with van der Waals surface area (Å²) in [5.41, 5.74) is 5.73. The SMILES string of the molecule is CCc1ccc(C(OC)C(C)C)c(C)c1N=C1CCCCN1c1ccc(Cl)cc1Cl. The van der Waals surface area contributed by atoms with Gasteiger partial charge in [-0.25, -0.2) is 4.99 Å². The van der Waals surface area contributed by atoms with Crippen LogP contribution >= 0.6 is 23.2 Å². The van der Waals surface area contributed by atoms with Gasteiger partial charge < -0.3 is 9.64 Å². The molecule has 0 aliphatic carbocycles. The van der Waals surface area contributed by atoms with E-state index in [0.717, 1.165) is 49.4 Å². The first-order valence-corrected chi connectivity index (χ1v) is 11.6. The maximum absolute atomic E-state index is 6.54. The topological polar surface area (TPSA) is 24.8 Å². The van der Waals surface area contributed by atoms with E-state index in [-0.39, 0.29) is 6.10 Å². The third kappa shape index (κ3) is 4.85. The number of hydrogen-bond acceptors (Lipinski definition) is 2. The molecule has 1 aliphatic rings. The molecule has 1 saturated heterocycles. The van der Waals surface area contributed by atoms with E-state index < -0.39 is 0 Å². The van der Waals surface area contributed by atoms with Gasteiger partial charge >= 0.3 is 0 Å². The number of nitrogens with zero attached hydrogens (tertiary/aromatic N) is 2. The summed E-state index contributed by atoms with van der Waals surface area (Å²) in [4.78, 5) is 7.50. The second kappa shape index (κ2) is 10.2. The predicted octanol–water partition coefficient (Wildman–Crippen LogP) is 7.93. The van der Waals surface area contributed by atoms with Gasteiger partial charge in [0.05, 0.1) is 22.5 Å². The van der Waals surface area contributed by atoms with Crippen LogP contribution in [0.2, 0.25) is 10.0 Å². The van der Waals surface area contributed by atoms with E-state index in [1.54, 1.807) is 13.2 Å². The second-order valence-electron chi connectivity index (χ2n) is 8.27. The summed E-state index contributed by atoms with van der Waals surface area (Å²) in [6, 6.07) is 10.1. The molecule has 0 amide bonds. The summed E-state index contributed by atoms with van der Waals surface area (Å²) < 4.78 is 5.83. The molecule has 0 bridgehead atoms. The van der Waals surface area contributed by atoms with E-state index in [1.807, 2.05) is 12.1 Å². The lowest BCUT2D eigenvalue weighted by Crippen LogP contribution is -2.35. The molecule has 2 aromatic carbocycles. The van der Waals surface area contributed by atoms with Gasteiger partial charge in [-0.3, -0.25) is 0 Å². The van der Waals surface area contributed by atoms with E-state index in [0.29, 0.717) is 16.0 Å². The Morgan fingerprint density at radius 2 is 1.90 bits per heavy atom. The molecule has 0 spiro atoms. The second-order valence-corrected chi connectivity index (χ2v) is 9.12. The Bertz CT molecular complexity index is 924. The summed E-state index contributed by atoms with van der Waals surface area (Å²) in [5.74, 6) is 1.46. The fourth-order valence-corrected chi connectivity index (χ4v) is 4.81. The molecule has 1 aliphatic heterocycles. The Morgan fingerprint density at radius 3 is 2.53 bits per heavy atom. The minimum absolute atomic E-state index is 0.0584. The number of hydrogen-bond donors (Lipinski definition) is 0. The van der Waals surface area contributed by atoms with E-state index in [9.17, 15) is 0 Å². The number of piperidine rings is 1. The van der Waals surface area contributed by atoms with Crippen LogP contribution in [0, 0.1) is 12.8 Å². The maximum atomic E-state index is 6.54. The molecular formula is C25H32Cl2N2O. The number of halogens is 2. The van der Waals surface area contributed by atoms with E-state index >= 15 is 0 Å². The molecule has 3 nitrogen and oxygen atoms in total. The van der Waals surface area contributed by atoms with Gasteiger partial charge in [0.15, 0.2) is 0 Å². The molecule has 5 heteroatoms. The molecule has 0 N–H and O–H groups in total. The van der Waals surface area contributed by atoms with Gasteiger partial charge in [-0.2, -0.15) is 0 Å². The Labute approximate surface area is 191 Å². The molecule has 1 unspecified atom stereocenters. The minimum atomic E-state index is 0.0584. The van der Waals surface area contributed by atoms with Crippen molar-refractivity contribution < 1.29 is 4.74 Å². The van der Waals surface area contributed by atoms with Crippen molar-refractivity contribution in [3.8, 4) is 0 Å². The Morgan fingerprint density at radius 1 is 1.13 bits per heavy atom. The molecule has 1 atom stereocenters. The zero-order valence-corrected chi connectivity index (χ0v) is 20.1. The van der Waals surface area contributed by atoms with Gasteiger partial charge in [0.25, 0.3) is 0 Å². The number of amidine groups is 1. The monoisotopic (exact) mass is 446 g/mol. The van der Waals surface area contributed by atoms with Crippen molar-refractivity contribution in [2.45, 2.75) is 59.5 Å². The van der Waals surface area contributed by atoms with Gasteiger partial charge in [0.2, 0.25) is 0 Å². The highest BCUT2D eigenvalue weighted by molar-refractivity contribution is 6.36. The minimum Gasteiger partial charge on any atom is -0.376 e. The third-order valence-electron chi connectivity index (χ3n) is 5.89. The standard InChI is InChI=1S/C25H32Cl2N2O/c1-6-18-10-12-20(25(30-5)16(2)3)17(4)24(18)28-23-9-7-8-14-29(23)22-13-11-19(26)15-21(22)27/h10-13,15-16,25H,6-9,14H2,1-5H3.